The minimum absolute atomic E-state index is 0.0277. The first-order chi connectivity index (χ1) is 13.9. The molecule has 29 heavy (non-hydrogen) atoms. The van der Waals surface area contributed by atoms with E-state index in [1.807, 2.05) is 18.2 Å². The smallest absolute Gasteiger partial charge is 0.277 e. The molecule has 1 aromatic carbocycles. The average molecular weight is 400 g/mol. The summed E-state index contributed by atoms with van der Waals surface area (Å²) in [7, 11) is 0. The lowest BCUT2D eigenvalue weighted by Crippen LogP contribution is -2.28. The first-order valence-electron chi connectivity index (χ1n) is 11.0. The molecule has 1 N–H and O–H groups in total. The summed E-state index contributed by atoms with van der Waals surface area (Å²) >= 11 is 0. The summed E-state index contributed by atoms with van der Waals surface area (Å²) in [5.41, 5.74) is 2.49. The van der Waals surface area contributed by atoms with Gasteiger partial charge in [-0.2, -0.15) is 0 Å². The summed E-state index contributed by atoms with van der Waals surface area (Å²) in [5.74, 6) is 1.59. The van der Waals surface area contributed by atoms with Gasteiger partial charge in [-0.15, -0.1) is 0 Å². The molecule has 0 radical (unpaired) electrons. The Kier molecular flexibility index (Phi) is 5.67. The molecular weight excluding hydrogens is 366 g/mol. The van der Waals surface area contributed by atoms with E-state index >= 15 is 0 Å². The second-order valence-electron chi connectivity index (χ2n) is 9.31. The summed E-state index contributed by atoms with van der Waals surface area (Å²) in [6, 6.07) is 5.76. The quantitative estimate of drug-likeness (QED) is 0.824. The molecule has 0 bridgehead atoms. The van der Waals surface area contributed by atoms with Gasteiger partial charge in [-0.05, 0) is 43.4 Å². The Bertz CT molecular complexity index is 883. The maximum absolute atomic E-state index is 12.8. The summed E-state index contributed by atoms with van der Waals surface area (Å²) < 4.78 is 2.40. The van der Waals surface area contributed by atoms with E-state index in [2.05, 4.69) is 25.3 Å². The zero-order valence-corrected chi connectivity index (χ0v) is 17.9. The van der Waals surface area contributed by atoms with Crippen LogP contribution in [0.4, 0.5) is 0 Å². The highest BCUT2D eigenvalue weighted by atomic mass is 16.7. The number of carbonyl (C=O) groups is 1. The van der Waals surface area contributed by atoms with Crippen molar-refractivity contribution in [2.45, 2.75) is 77.4 Å². The third kappa shape index (κ3) is 4.05. The van der Waals surface area contributed by atoms with E-state index in [9.17, 15) is 9.90 Å². The van der Waals surface area contributed by atoms with E-state index in [0.29, 0.717) is 11.5 Å². The molecule has 1 atom stereocenters. The first kappa shape index (κ1) is 20.4. The van der Waals surface area contributed by atoms with Crippen LogP contribution in [0.1, 0.15) is 75.5 Å². The summed E-state index contributed by atoms with van der Waals surface area (Å²) in [6.45, 7) is 8.08. The minimum Gasteiger partial charge on any atom is -0.389 e. The molecule has 1 saturated carbocycles. The maximum Gasteiger partial charge on any atom is 0.277 e. The van der Waals surface area contributed by atoms with Gasteiger partial charge in [0, 0.05) is 17.5 Å². The number of carbonyl (C=O) groups excluding carboxylic acids is 1. The molecule has 1 aliphatic heterocycles. The molecule has 2 aromatic rings. The van der Waals surface area contributed by atoms with Gasteiger partial charge in [0.05, 0.1) is 17.6 Å². The zero-order valence-electron chi connectivity index (χ0n) is 17.9. The highest BCUT2D eigenvalue weighted by molar-refractivity contribution is 5.97. The second-order valence-corrected chi connectivity index (χ2v) is 9.31. The van der Waals surface area contributed by atoms with Gasteiger partial charge in [-0.25, -0.2) is 10.0 Å². The van der Waals surface area contributed by atoms with Gasteiger partial charge in [0.25, 0.3) is 5.91 Å². The molecule has 0 spiro atoms. The third-order valence-electron chi connectivity index (χ3n) is 6.68. The molecule has 2 heterocycles. The molecule has 1 aromatic heterocycles. The van der Waals surface area contributed by atoms with E-state index in [1.54, 1.807) is 0 Å². The monoisotopic (exact) mass is 399 g/mol. The Morgan fingerprint density at radius 3 is 2.69 bits per heavy atom. The van der Waals surface area contributed by atoms with Crippen molar-refractivity contribution in [3.8, 4) is 0 Å². The number of hydroxylamine groups is 2. The van der Waals surface area contributed by atoms with Gasteiger partial charge < -0.3 is 9.67 Å². The normalized spacial score (nSPS) is 21.2. The van der Waals surface area contributed by atoms with Crippen molar-refractivity contribution in [3.63, 3.8) is 0 Å². The van der Waals surface area contributed by atoms with E-state index in [4.69, 9.17) is 9.82 Å². The van der Waals surface area contributed by atoms with Gasteiger partial charge in [0.15, 0.2) is 0 Å². The van der Waals surface area contributed by atoms with Crippen LogP contribution in [0.5, 0.6) is 0 Å². The van der Waals surface area contributed by atoms with Crippen LogP contribution in [0.15, 0.2) is 18.2 Å². The van der Waals surface area contributed by atoms with Crippen molar-refractivity contribution in [2.24, 2.45) is 5.92 Å². The fourth-order valence-corrected chi connectivity index (χ4v) is 4.51. The molecule has 158 valence electrons. The van der Waals surface area contributed by atoms with Crippen molar-refractivity contribution in [2.75, 3.05) is 13.2 Å². The van der Waals surface area contributed by atoms with Gasteiger partial charge in [0.2, 0.25) is 0 Å². The van der Waals surface area contributed by atoms with Crippen LogP contribution in [0, 0.1) is 5.92 Å². The second kappa shape index (κ2) is 8.07. The van der Waals surface area contributed by atoms with Crippen LogP contribution in [-0.2, 0) is 16.8 Å². The summed E-state index contributed by atoms with van der Waals surface area (Å²) in [5, 5.41) is 10.9. The van der Waals surface area contributed by atoms with E-state index in [1.165, 1.54) is 37.2 Å². The molecule has 2 aliphatic rings. The van der Waals surface area contributed by atoms with E-state index < -0.39 is 6.10 Å². The molecule has 1 aliphatic carbocycles. The van der Waals surface area contributed by atoms with E-state index in [0.717, 1.165) is 29.8 Å². The topological polar surface area (TPSA) is 67.6 Å². The molecule has 1 saturated heterocycles. The number of aromatic nitrogens is 2. The number of β-amino-alcohol motifs (C(OH)–C–C–N with tert-alkyl or cyclic N) is 1. The molecule has 6 nitrogen and oxygen atoms in total. The number of imidazole rings is 1. The van der Waals surface area contributed by atoms with Crippen molar-refractivity contribution >= 4 is 16.9 Å². The third-order valence-corrected chi connectivity index (χ3v) is 6.68. The van der Waals surface area contributed by atoms with Gasteiger partial charge in [-0.3, -0.25) is 9.63 Å². The van der Waals surface area contributed by atoms with Crippen LogP contribution < -0.4 is 0 Å². The number of aliphatic hydroxyl groups is 1. The lowest BCUT2D eigenvalue weighted by Gasteiger charge is -2.27. The lowest BCUT2D eigenvalue weighted by atomic mass is 9.87. The van der Waals surface area contributed by atoms with Crippen LogP contribution in [0.3, 0.4) is 0 Å². The number of aliphatic hydroxyl groups excluding tert-OH is 1. The molecular formula is C23H33N3O3. The number of hydrogen-bond acceptors (Lipinski definition) is 4. The highest BCUT2D eigenvalue weighted by Gasteiger charge is 2.30. The number of rotatable bonds is 5. The van der Waals surface area contributed by atoms with Crippen molar-refractivity contribution in [3.05, 3.63) is 29.6 Å². The zero-order chi connectivity index (χ0) is 20.6. The SMILES string of the molecule is CCC(C)(C)c1nc2cc(C(=O)N3C[C@H](O)CO3)ccc2n1CC1CCCCC1. The number of benzene rings is 1. The number of amides is 1. The molecule has 1 amide bonds. The molecule has 4 rings (SSSR count). The first-order valence-corrected chi connectivity index (χ1v) is 11.0. The van der Waals surface area contributed by atoms with Gasteiger partial charge >= 0.3 is 0 Å². The summed E-state index contributed by atoms with van der Waals surface area (Å²) in [6.07, 6.45) is 6.97. The fraction of sp³-hybridized carbons (Fsp3) is 0.652. The van der Waals surface area contributed by atoms with Crippen LogP contribution in [0.25, 0.3) is 11.0 Å². The van der Waals surface area contributed by atoms with Crippen molar-refractivity contribution < 1.29 is 14.7 Å². The Hall–Kier alpha value is -1.92. The van der Waals surface area contributed by atoms with Crippen molar-refractivity contribution in [1.29, 1.82) is 0 Å². The minimum atomic E-state index is -0.616. The average Bonchev–Trinajstić information content (AvgIpc) is 3.32. The van der Waals surface area contributed by atoms with Gasteiger partial charge in [0.1, 0.15) is 18.5 Å². The largest absolute Gasteiger partial charge is 0.389 e. The van der Waals surface area contributed by atoms with Gasteiger partial charge in [-0.1, -0.05) is 40.0 Å². The fourth-order valence-electron chi connectivity index (χ4n) is 4.51. The van der Waals surface area contributed by atoms with Crippen LogP contribution in [0.2, 0.25) is 0 Å². The molecule has 2 fully saturated rings. The van der Waals surface area contributed by atoms with Crippen molar-refractivity contribution in [1.82, 2.24) is 14.6 Å². The highest BCUT2D eigenvalue weighted by Crippen LogP contribution is 2.33. The summed E-state index contributed by atoms with van der Waals surface area (Å²) in [4.78, 5) is 23.1. The van der Waals surface area contributed by atoms with Crippen LogP contribution in [-0.4, -0.2) is 44.9 Å². The molecule has 0 unspecified atom stereocenters. The number of nitrogens with zero attached hydrogens (tertiary/aromatic N) is 3. The predicted octanol–water partition coefficient (Wildman–Crippen LogP) is 4.05. The Labute approximate surface area is 172 Å². The number of fused-ring (bicyclic) bond motifs is 1. The maximum atomic E-state index is 12.8. The lowest BCUT2D eigenvalue weighted by molar-refractivity contribution is -0.0779. The Morgan fingerprint density at radius 1 is 1.28 bits per heavy atom. The Balaban J connectivity index is 1.70. The van der Waals surface area contributed by atoms with Crippen LogP contribution >= 0.6 is 0 Å². The predicted molar refractivity (Wildman–Crippen MR) is 113 cm³/mol. The standard InChI is InChI=1S/C23H33N3O3/c1-4-23(2,3)22-24-19-12-17(21(28)26-14-18(27)15-29-26)10-11-20(19)25(22)13-16-8-6-5-7-9-16/h10-12,16,18,27H,4-9,13-15H2,1-3H3/t18-/m0/s1. The van der Waals surface area contributed by atoms with E-state index in [-0.39, 0.29) is 24.5 Å². The Morgan fingerprint density at radius 2 is 2.03 bits per heavy atom. The number of hydrogen-bond donors (Lipinski definition) is 1. The molecule has 6 heteroatoms.